The normalized spacial score (nSPS) is 23.7. The van der Waals surface area contributed by atoms with Crippen molar-refractivity contribution < 1.29 is 4.79 Å². The molecule has 0 aromatic heterocycles. The first-order valence-corrected chi connectivity index (χ1v) is 5.07. The average molecular weight is 200 g/mol. The van der Waals surface area contributed by atoms with Gasteiger partial charge in [-0.25, -0.2) is 0 Å². The topological polar surface area (TPSA) is 52.9 Å². The van der Waals surface area contributed by atoms with E-state index in [4.69, 9.17) is 5.26 Å². The van der Waals surface area contributed by atoms with Crippen molar-refractivity contribution >= 4 is 5.91 Å². The van der Waals surface area contributed by atoms with Gasteiger partial charge in [0.1, 0.15) is 0 Å². The fourth-order valence-corrected chi connectivity index (χ4v) is 1.67. The molecule has 1 fully saturated rings. The molecular weight excluding hydrogens is 188 g/mol. The van der Waals surface area contributed by atoms with Crippen LogP contribution < -0.4 is 5.32 Å². The Bertz CT molecular complexity index is 394. The molecule has 1 N–H and O–H groups in total. The second-order valence-corrected chi connectivity index (χ2v) is 3.76. The lowest BCUT2D eigenvalue weighted by Gasteiger charge is -2.32. The number of nitriles is 1. The summed E-state index contributed by atoms with van der Waals surface area (Å²) in [7, 11) is 0. The molecule has 1 aromatic rings. The summed E-state index contributed by atoms with van der Waals surface area (Å²) >= 11 is 0. The maximum Gasteiger partial charge on any atom is 0.251 e. The Morgan fingerprint density at radius 3 is 2.60 bits per heavy atom. The minimum absolute atomic E-state index is 0.00216. The van der Waals surface area contributed by atoms with Crippen LogP contribution in [0, 0.1) is 17.2 Å². The molecule has 0 saturated heterocycles. The number of carbonyl (C=O) groups is 1. The molecule has 1 aliphatic carbocycles. The Kier molecular flexibility index (Phi) is 2.68. The van der Waals surface area contributed by atoms with Crippen LogP contribution in [-0.2, 0) is 0 Å². The van der Waals surface area contributed by atoms with Crippen molar-refractivity contribution in [1.82, 2.24) is 5.32 Å². The highest BCUT2D eigenvalue weighted by Crippen LogP contribution is 2.26. The van der Waals surface area contributed by atoms with Gasteiger partial charge in [0.05, 0.1) is 12.0 Å². The predicted molar refractivity (Wildman–Crippen MR) is 56.0 cm³/mol. The molecule has 2 atom stereocenters. The van der Waals surface area contributed by atoms with Crippen molar-refractivity contribution in [2.24, 2.45) is 5.92 Å². The molecule has 76 valence electrons. The zero-order valence-corrected chi connectivity index (χ0v) is 8.31. The fourth-order valence-electron chi connectivity index (χ4n) is 1.67. The van der Waals surface area contributed by atoms with E-state index in [2.05, 4.69) is 11.4 Å². The minimum atomic E-state index is -0.0828. The number of nitrogens with one attached hydrogen (secondary N) is 1. The van der Waals surface area contributed by atoms with E-state index in [1.807, 2.05) is 18.2 Å². The number of benzene rings is 1. The molecule has 0 radical (unpaired) electrons. The lowest BCUT2D eigenvalue weighted by Crippen LogP contribution is -2.46. The zero-order chi connectivity index (χ0) is 10.7. The third-order valence-corrected chi connectivity index (χ3v) is 2.79. The maximum atomic E-state index is 11.7. The van der Waals surface area contributed by atoms with Crippen LogP contribution in [0.15, 0.2) is 30.3 Å². The van der Waals surface area contributed by atoms with Crippen LogP contribution in [0.4, 0.5) is 0 Å². The second-order valence-electron chi connectivity index (χ2n) is 3.76. The van der Waals surface area contributed by atoms with Gasteiger partial charge in [-0.2, -0.15) is 5.26 Å². The van der Waals surface area contributed by atoms with Crippen molar-refractivity contribution in [2.45, 2.75) is 18.9 Å². The Balaban J connectivity index is 1.97. The van der Waals surface area contributed by atoms with E-state index in [-0.39, 0.29) is 17.9 Å². The van der Waals surface area contributed by atoms with E-state index in [0.717, 1.165) is 12.8 Å². The molecule has 3 heteroatoms. The molecular formula is C12H12N2O. The zero-order valence-electron chi connectivity index (χ0n) is 8.31. The molecule has 15 heavy (non-hydrogen) atoms. The number of rotatable bonds is 2. The average Bonchev–Trinajstić information content (AvgIpc) is 2.26. The summed E-state index contributed by atoms with van der Waals surface area (Å²) in [5.74, 6) is -0.0850. The number of hydrogen-bond acceptors (Lipinski definition) is 2. The SMILES string of the molecule is N#C[C@@H]1CC[C@H]1NC(=O)c1ccccc1. The molecule has 0 bridgehead atoms. The van der Waals surface area contributed by atoms with Crippen LogP contribution in [0.2, 0.25) is 0 Å². The maximum absolute atomic E-state index is 11.7. The number of carbonyl (C=O) groups excluding carboxylic acids is 1. The Hall–Kier alpha value is -1.82. The largest absolute Gasteiger partial charge is 0.348 e. The lowest BCUT2D eigenvalue weighted by molar-refractivity contribution is 0.0898. The molecule has 1 saturated carbocycles. The van der Waals surface area contributed by atoms with Crippen LogP contribution >= 0.6 is 0 Å². The summed E-state index contributed by atoms with van der Waals surface area (Å²) in [6, 6.07) is 11.3. The summed E-state index contributed by atoms with van der Waals surface area (Å²) in [6.45, 7) is 0. The van der Waals surface area contributed by atoms with Gasteiger partial charge in [0, 0.05) is 11.6 Å². The fraction of sp³-hybridized carbons (Fsp3) is 0.333. The predicted octanol–water partition coefficient (Wildman–Crippen LogP) is 1.72. The van der Waals surface area contributed by atoms with E-state index in [0.29, 0.717) is 5.56 Å². The first kappa shape index (κ1) is 9.72. The van der Waals surface area contributed by atoms with Crippen LogP contribution in [0.5, 0.6) is 0 Å². The third kappa shape index (κ3) is 1.99. The van der Waals surface area contributed by atoms with Gasteiger partial charge < -0.3 is 5.32 Å². The van der Waals surface area contributed by atoms with Crippen LogP contribution in [0.3, 0.4) is 0 Å². The molecule has 1 aliphatic rings. The van der Waals surface area contributed by atoms with Gasteiger partial charge in [-0.3, -0.25) is 4.79 Å². The van der Waals surface area contributed by atoms with E-state index >= 15 is 0 Å². The van der Waals surface area contributed by atoms with Crippen LogP contribution in [-0.4, -0.2) is 11.9 Å². The van der Waals surface area contributed by atoms with Gasteiger partial charge in [0.15, 0.2) is 0 Å². The van der Waals surface area contributed by atoms with Gasteiger partial charge >= 0.3 is 0 Å². The Morgan fingerprint density at radius 2 is 2.07 bits per heavy atom. The van der Waals surface area contributed by atoms with E-state index < -0.39 is 0 Å². The number of hydrogen-bond donors (Lipinski definition) is 1. The van der Waals surface area contributed by atoms with Crippen molar-refractivity contribution in [3.05, 3.63) is 35.9 Å². The number of nitrogens with zero attached hydrogens (tertiary/aromatic N) is 1. The lowest BCUT2D eigenvalue weighted by atomic mass is 9.80. The third-order valence-electron chi connectivity index (χ3n) is 2.79. The molecule has 0 unspecified atom stereocenters. The Labute approximate surface area is 88.7 Å². The van der Waals surface area contributed by atoms with Crippen LogP contribution in [0.1, 0.15) is 23.2 Å². The van der Waals surface area contributed by atoms with E-state index in [1.54, 1.807) is 12.1 Å². The summed E-state index contributed by atoms with van der Waals surface area (Å²) in [6.07, 6.45) is 1.81. The van der Waals surface area contributed by atoms with Crippen molar-refractivity contribution in [2.75, 3.05) is 0 Å². The van der Waals surface area contributed by atoms with Crippen LogP contribution in [0.25, 0.3) is 0 Å². The molecule has 3 nitrogen and oxygen atoms in total. The first-order chi connectivity index (χ1) is 7.31. The number of amides is 1. The first-order valence-electron chi connectivity index (χ1n) is 5.07. The quantitative estimate of drug-likeness (QED) is 0.790. The van der Waals surface area contributed by atoms with Crippen molar-refractivity contribution in [3.63, 3.8) is 0 Å². The molecule has 0 spiro atoms. The highest BCUT2D eigenvalue weighted by atomic mass is 16.1. The van der Waals surface area contributed by atoms with E-state index in [9.17, 15) is 4.79 Å². The summed E-state index contributed by atoms with van der Waals surface area (Å²) in [4.78, 5) is 11.7. The summed E-state index contributed by atoms with van der Waals surface area (Å²) < 4.78 is 0. The highest BCUT2D eigenvalue weighted by Gasteiger charge is 2.31. The molecule has 0 aliphatic heterocycles. The molecule has 0 heterocycles. The summed E-state index contributed by atoms with van der Waals surface area (Å²) in [5.41, 5.74) is 0.654. The van der Waals surface area contributed by atoms with E-state index in [1.165, 1.54) is 0 Å². The smallest absolute Gasteiger partial charge is 0.251 e. The standard InChI is InChI=1S/C12H12N2O/c13-8-10-6-7-11(10)14-12(15)9-4-2-1-3-5-9/h1-5,10-11H,6-7H2,(H,14,15)/t10-,11+/m0/s1. The van der Waals surface area contributed by atoms with Crippen molar-refractivity contribution in [3.8, 4) is 6.07 Å². The summed E-state index contributed by atoms with van der Waals surface area (Å²) in [5, 5.41) is 11.6. The molecule has 1 aromatic carbocycles. The minimum Gasteiger partial charge on any atom is -0.348 e. The van der Waals surface area contributed by atoms with Gasteiger partial charge in [-0.15, -0.1) is 0 Å². The Morgan fingerprint density at radius 1 is 1.33 bits per heavy atom. The van der Waals surface area contributed by atoms with Gasteiger partial charge in [-0.1, -0.05) is 18.2 Å². The van der Waals surface area contributed by atoms with Gasteiger partial charge in [-0.05, 0) is 25.0 Å². The monoisotopic (exact) mass is 200 g/mol. The van der Waals surface area contributed by atoms with Gasteiger partial charge in [0.2, 0.25) is 0 Å². The van der Waals surface area contributed by atoms with Crippen molar-refractivity contribution in [1.29, 1.82) is 5.26 Å². The van der Waals surface area contributed by atoms with Gasteiger partial charge in [0.25, 0.3) is 5.91 Å². The highest BCUT2D eigenvalue weighted by molar-refractivity contribution is 5.94. The second kappa shape index (κ2) is 4.14. The molecule has 2 rings (SSSR count). The molecule has 1 amide bonds.